The van der Waals surface area contributed by atoms with Gasteiger partial charge in [-0.15, -0.1) is 0 Å². The molecule has 0 bridgehead atoms. The first kappa shape index (κ1) is 21.8. The molecule has 1 aromatic rings. The molecule has 30 heavy (non-hydrogen) atoms. The van der Waals surface area contributed by atoms with Crippen LogP contribution in [-0.2, 0) is 21.2 Å². The number of nitrogens with zero attached hydrogens (tertiary/aromatic N) is 3. The number of benzene rings is 1. The van der Waals surface area contributed by atoms with Gasteiger partial charge in [0.1, 0.15) is 0 Å². The number of hydrogen-bond donors (Lipinski definition) is 0. The summed E-state index contributed by atoms with van der Waals surface area (Å²) in [5.41, 5.74) is 1.33. The second-order valence-electron chi connectivity index (χ2n) is 9.19. The number of rotatable bonds is 6. The van der Waals surface area contributed by atoms with Crippen LogP contribution in [0.5, 0.6) is 0 Å². The SMILES string of the molecule is O=C(CN1CCN(Cc2ccccc2)CC1)N(C1CCCCC1)C1CCS(=O)(=O)C1. The molecule has 0 N–H and O–H groups in total. The summed E-state index contributed by atoms with van der Waals surface area (Å²) in [5, 5.41) is 0. The Bertz CT molecular complexity index is 800. The first-order chi connectivity index (χ1) is 14.5. The fourth-order valence-electron chi connectivity index (χ4n) is 5.28. The van der Waals surface area contributed by atoms with Crippen molar-refractivity contribution >= 4 is 15.7 Å². The number of carbonyl (C=O) groups excluding carboxylic acids is 1. The van der Waals surface area contributed by atoms with E-state index in [1.54, 1.807) is 0 Å². The zero-order valence-electron chi connectivity index (χ0n) is 17.9. The summed E-state index contributed by atoms with van der Waals surface area (Å²) in [6.07, 6.45) is 6.17. The summed E-state index contributed by atoms with van der Waals surface area (Å²) in [7, 11) is -3.00. The molecule has 7 heteroatoms. The Kier molecular flexibility index (Phi) is 7.11. The van der Waals surface area contributed by atoms with Crippen molar-refractivity contribution in [2.24, 2.45) is 0 Å². The summed E-state index contributed by atoms with van der Waals surface area (Å²) < 4.78 is 24.1. The lowest BCUT2D eigenvalue weighted by Gasteiger charge is -2.40. The zero-order chi connectivity index (χ0) is 21.0. The topological polar surface area (TPSA) is 60.9 Å². The maximum absolute atomic E-state index is 13.4. The van der Waals surface area contributed by atoms with Crippen LogP contribution in [0.1, 0.15) is 44.1 Å². The van der Waals surface area contributed by atoms with Crippen LogP contribution in [0.15, 0.2) is 30.3 Å². The molecule has 4 rings (SSSR count). The molecule has 1 amide bonds. The van der Waals surface area contributed by atoms with Crippen molar-refractivity contribution in [3.8, 4) is 0 Å². The standard InChI is InChI=1S/C23H35N3O3S/c27-23(18-25-14-12-24(13-15-25)17-20-7-3-1-4-8-20)26(21-9-5-2-6-10-21)22-11-16-30(28,29)19-22/h1,3-4,7-8,21-22H,2,5-6,9-19H2. The third kappa shape index (κ3) is 5.62. The molecule has 1 unspecified atom stereocenters. The minimum Gasteiger partial charge on any atom is -0.335 e. The highest BCUT2D eigenvalue weighted by Crippen LogP contribution is 2.28. The van der Waals surface area contributed by atoms with E-state index >= 15 is 0 Å². The van der Waals surface area contributed by atoms with Crippen LogP contribution in [0.3, 0.4) is 0 Å². The van der Waals surface area contributed by atoms with Gasteiger partial charge in [0.15, 0.2) is 9.84 Å². The van der Waals surface area contributed by atoms with Crippen LogP contribution in [0.2, 0.25) is 0 Å². The molecule has 1 aromatic carbocycles. The van der Waals surface area contributed by atoms with Crippen LogP contribution in [-0.4, -0.2) is 85.3 Å². The molecule has 2 heterocycles. The Morgan fingerprint density at radius 2 is 1.57 bits per heavy atom. The molecule has 3 fully saturated rings. The van der Waals surface area contributed by atoms with Gasteiger partial charge >= 0.3 is 0 Å². The average molecular weight is 434 g/mol. The van der Waals surface area contributed by atoms with Crippen LogP contribution in [0.4, 0.5) is 0 Å². The van der Waals surface area contributed by atoms with Crippen LogP contribution < -0.4 is 0 Å². The Balaban J connectivity index is 1.33. The van der Waals surface area contributed by atoms with E-state index < -0.39 is 9.84 Å². The van der Waals surface area contributed by atoms with Gasteiger partial charge in [0.2, 0.25) is 5.91 Å². The molecule has 2 aliphatic heterocycles. The summed E-state index contributed by atoms with van der Waals surface area (Å²) >= 11 is 0. The van der Waals surface area contributed by atoms with Gasteiger partial charge in [0, 0.05) is 44.8 Å². The van der Waals surface area contributed by atoms with Gasteiger partial charge in [-0.3, -0.25) is 14.6 Å². The molecule has 3 aliphatic rings. The highest BCUT2D eigenvalue weighted by Gasteiger charge is 2.39. The molecule has 1 saturated carbocycles. The Morgan fingerprint density at radius 1 is 0.900 bits per heavy atom. The molecular weight excluding hydrogens is 398 g/mol. The van der Waals surface area contributed by atoms with E-state index in [2.05, 4.69) is 34.1 Å². The number of hydrogen-bond acceptors (Lipinski definition) is 5. The molecule has 2 saturated heterocycles. The largest absolute Gasteiger partial charge is 0.335 e. The first-order valence-electron chi connectivity index (χ1n) is 11.5. The summed E-state index contributed by atoms with van der Waals surface area (Å²) in [4.78, 5) is 20.1. The van der Waals surface area contributed by atoms with Crippen molar-refractivity contribution in [3.05, 3.63) is 35.9 Å². The fourth-order valence-corrected chi connectivity index (χ4v) is 6.99. The van der Waals surface area contributed by atoms with Gasteiger partial charge in [0.05, 0.1) is 18.1 Å². The predicted octanol–water partition coefficient (Wildman–Crippen LogP) is 2.15. The monoisotopic (exact) mass is 433 g/mol. The highest BCUT2D eigenvalue weighted by molar-refractivity contribution is 7.91. The third-order valence-corrected chi connectivity index (χ3v) is 8.68. The minimum absolute atomic E-state index is 0.120. The quantitative estimate of drug-likeness (QED) is 0.688. The van der Waals surface area contributed by atoms with E-state index in [4.69, 9.17) is 0 Å². The van der Waals surface area contributed by atoms with Gasteiger partial charge < -0.3 is 4.90 Å². The van der Waals surface area contributed by atoms with Gasteiger partial charge in [-0.1, -0.05) is 49.6 Å². The normalized spacial score (nSPS) is 25.9. The highest BCUT2D eigenvalue weighted by atomic mass is 32.2. The Labute approximate surface area is 181 Å². The molecular formula is C23H35N3O3S. The van der Waals surface area contributed by atoms with E-state index in [9.17, 15) is 13.2 Å². The van der Waals surface area contributed by atoms with Crippen molar-refractivity contribution in [3.63, 3.8) is 0 Å². The van der Waals surface area contributed by atoms with Crippen molar-refractivity contribution in [2.45, 2.75) is 57.2 Å². The van der Waals surface area contributed by atoms with E-state index in [-0.39, 0.29) is 29.5 Å². The smallest absolute Gasteiger partial charge is 0.237 e. The lowest BCUT2D eigenvalue weighted by Crippen LogP contribution is -2.54. The predicted molar refractivity (Wildman–Crippen MR) is 119 cm³/mol. The third-order valence-electron chi connectivity index (χ3n) is 6.93. The number of piperazine rings is 1. The maximum Gasteiger partial charge on any atom is 0.237 e. The van der Waals surface area contributed by atoms with Gasteiger partial charge in [0.25, 0.3) is 0 Å². The molecule has 0 aromatic heterocycles. The van der Waals surface area contributed by atoms with Crippen molar-refractivity contribution in [1.82, 2.24) is 14.7 Å². The fraction of sp³-hybridized carbons (Fsp3) is 0.696. The summed E-state index contributed by atoms with van der Waals surface area (Å²) in [6.45, 7) is 5.08. The van der Waals surface area contributed by atoms with E-state index in [1.165, 1.54) is 12.0 Å². The summed E-state index contributed by atoms with van der Waals surface area (Å²) in [6, 6.07) is 10.6. The number of sulfone groups is 1. The van der Waals surface area contributed by atoms with Crippen molar-refractivity contribution in [1.29, 1.82) is 0 Å². The van der Waals surface area contributed by atoms with Gasteiger partial charge in [-0.2, -0.15) is 0 Å². The average Bonchev–Trinajstić information content (AvgIpc) is 3.10. The Morgan fingerprint density at radius 3 is 2.20 bits per heavy atom. The van der Waals surface area contributed by atoms with Crippen molar-refractivity contribution < 1.29 is 13.2 Å². The number of carbonyl (C=O) groups is 1. The van der Waals surface area contributed by atoms with Crippen LogP contribution in [0, 0.1) is 0 Å². The van der Waals surface area contributed by atoms with E-state index in [0.717, 1.165) is 58.4 Å². The minimum atomic E-state index is -3.00. The van der Waals surface area contributed by atoms with E-state index in [1.807, 2.05) is 11.0 Å². The van der Waals surface area contributed by atoms with E-state index in [0.29, 0.717) is 13.0 Å². The molecule has 0 radical (unpaired) electrons. The second-order valence-corrected chi connectivity index (χ2v) is 11.4. The second kappa shape index (κ2) is 9.79. The zero-order valence-corrected chi connectivity index (χ0v) is 18.7. The molecule has 0 spiro atoms. The van der Waals surface area contributed by atoms with Crippen molar-refractivity contribution in [2.75, 3.05) is 44.2 Å². The molecule has 6 nitrogen and oxygen atoms in total. The molecule has 1 atom stereocenters. The first-order valence-corrected chi connectivity index (χ1v) is 13.3. The van der Waals surface area contributed by atoms with Gasteiger partial charge in [-0.25, -0.2) is 8.42 Å². The maximum atomic E-state index is 13.4. The molecule has 1 aliphatic carbocycles. The number of amides is 1. The lowest BCUT2D eigenvalue weighted by molar-refractivity contribution is -0.138. The van der Waals surface area contributed by atoms with Crippen LogP contribution in [0.25, 0.3) is 0 Å². The lowest BCUT2D eigenvalue weighted by atomic mass is 9.92. The Hall–Kier alpha value is -1.44. The van der Waals surface area contributed by atoms with Crippen LogP contribution >= 0.6 is 0 Å². The molecule has 166 valence electrons. The summed E-state index contributed by atoms with van der Waals surface area (Å²) in [5.74, 6) is 0.521. The van der Waals surface area contributed by atoms with Gasteiger partial charge in [-0.05, 0) is 24.8 Å².